The molecule has 17 heavy (non-hydrogen) atoms. The number of halogens is 1. The molecule has 0 bridgehead atoms. The van der Waals surface area contributed by atoms with Crippen LogP contribution in [0, 0.1) is 0 Å². The largest absolute Gasteiger partial charge is 0.371 e. The second-order valence-electron chi connectivity index (χ2n) is 4.70. The predicted octanol–water partition coefficient (Wildman–Crippen LogP) is 2.00. The molecular weight excluding hydrogens is 282 g/mol. The Balaban J connectivity index is 2.03. The zero-order valence-corrected chi connectivity index (χ0v) is 11.1. The topological polar surface area (TPSA) is 58.4 Å². The van der Waals surface area contributed by atoms with Crippen molar-refractivity contribution in [1.29, 1.82) is 0 Å². The summed E-state index contributed by atoms with van der Waals surface area (Å²) in [6.45, 7) is 0. The Morgan fingerprint density at radius 1 is 1.47 bits per heavy atom. The highest BCUT2D eigenvalue weighted by atomic mass is 79.9. The molecule has 90 valence electrons. The molecule has 1 unspecified atom stereocenters. The lowest BCUT2D eigenvalue weighted by Gasteiger charge is -2.21. The molecule has 2 aliphatic rings. The summed E-state index contributed by atoms with van der Waals surface area (Å²) in [4.78, 5) is 13.8. The smallest absolute Gasteiger partial charge is 0.245 e. The summed E-state index contributed by atoms with van der Waals surface area (Å²) in [6, 6.07) is 4.05. The van der Waals surface area contributed by atoms with E-state index in [1.165, 1.54) is 12.8 Å². The fourth-order valence-corrected chi connectivity index (χ4v) is 2.86. The number of hydrogen-bond donors (Lipinski definition) is 2. The van der Waals surface area contributed by atoms with Crippen molar-refractivity contribution in [2.24, 2.45) is 5.73 Å². The lowest BCUT2D eigenvalue weighted by atomic mass is 10.1. The molecule has 1 amide bonds. The van der Waals surface area contributed by atoms with Gasteiger partial charge >= 0.3 is 0 Å². The van der Waals surface area contributed by atoms with Crippen LogP contribution in [0.25, 0.3) is 0 Å². The van der Waals surface area contributed by atoms with Crippen LogP contribution in [0.5, 0.6) is 0 Å². The van der Waals surface area contributed by atoms with Crippen LogP contribution < -0.4 is 16.0 Å². The maximum absolute atomic E-state index is 11.5. The Morgan fingerprint density at radius 3 is 2.82 bits per heavy atom. The van der Waals surface area contributed by atoms with Crippen molar-refractivity contribution >= 4 is 33.2 Å². The van der Waals surface area contributed by atoms with Gasteiger partial charge in [0.25, 0.3) is 0 Å². The second-order valence-corrected chi connectivity index (χ2v) is 5.55. The molecule has 1 atom stereocenters. The Morgan fingerprint density at radius 2 is 2.18 bits per heavy atom. The molecule has 1 aliphatic carbocycles. The number of carbonyl (C=O) groups excluding carboxylic acids is 1. The van der Waals surface area contributed by atoms with E-state index in [0.29, 0.717) is 6.04 Å². The molecule has 3 N–H and O–H groups in total. The molecule has 1 aromatic carbocycles. The highest BCUT2D eigenvalue weighted by Crippen LogP contribution is 2.40. The third kappa shape index (κ3) is 1.73. The normalized spacial score (nSPS) is 22.3. The van der Waals surface area contributed by atoms with Crippen LogP contribution in [0.2, 0.25) is 0 Å². The van der Waals surface area contributed by atoms with Gasteiger partial charge in [0.1, 0.15) is 6.04 Å². The van der Waals surface area contributed by atoms with Crippen molar-refractivity contribution in [2.75, 3.05) is 17.3 Å². The quantitative estimate of drug-likeness (QED) is 0.877. The van der Waals surface area contributed by atoms with Gasteiger partial charge in [-0.1, -0.05) is 0 Å². The van der Waals surface area contributed by atoms with Crippen LogP contribution in [0.3, 0.4) is 0 Å². The lowest BCUT2D eigenvalue weighted by molar-refractivity contribution is -0.116. The number of nitrogens with two attached hydrogens (primary N) is 1. The van der Waals surface area contributed by atoms with Crippen LogP contribution in [-0.4, -0.2) is 19.0 Å². The molecular formula is C12H14BrN3O. The Labute approximate surface area is 108 Å². The SMILES string of the molecule is CN(c1cc2c(cc1Br)C(N)C(=O)N2)C1CC1. The van der Waals surface area contributed by atoms with E-state index in [9.17, 15) is 4.79 Å². The summed E-state index contributed by atoms with van der Waals surface area (Å²) in [5.41, 5.74) is 8.63. The molecule has 0 radical (unpaired) electrons. The number of rotatable bonds is 2. The van der Waals surface area contributed by atoms with Crippen molar-refractivity contribution in [3.05, 3.63) is 22.2 Å². The molecule has 0 spiro atoms. The van der Waals surface area contributed by atoms with E-state index in [2.05, 4.69) is 33.2 Å². The van der Waals surface area contributed by atoms with Crippen LogP contribution in [0.4, 0.5) is 11.4 Å². The summed E-state index contributed by atoms with van der Waals surface area (Å²) >= 11 is 3.56. The number of hydrogen-bond acceptors (Lipinski definition) is 3. The highest BCUT2D eigenvalue weighted by Gasteiger charge is 2.31. The zero-order chi connectivity index (χ0) is 12.2. The van der Waals surface area contributed by atoms with Crippen LogP contribution in [-0.2, 0) is 4.79 Å². The number of nitrogens with one attached hydrogen (secondary N) is 1. The highest BCUT2D eigenvalue weighted by molar-refractivity contribution is 9.10. The molecule has 1 fully saturated rings. The minimum Gasteiger partial charge on any atom is -0.371 e. The van der Waals surface area contributed by atoms with Gasteiger partial charge in [0, 0.05) is 28.8 Å². The Bertz CT molecular complexity index is 499. The first-order valence-corrected chi connectivity index (χ1v) is 6.50. The Hall–Kier alpha value is -1.07. The third-order valence-electron chi connectivity index (χ3n) is 3.47. The average molecular weight is 296 g/mol. The molecule has 5 heteroatoms. The van der Waals surface area contributed by atoms with Crippen molar-refractivity contribution in [3.8, 4) is 0 Å². The van der Waals surface area contributed by atoms with E-state index in [0.717, 1.165) is 21.4 Å². The van der Waals surface area contributed by atoms with Crippen molar-refractivity contribution < 1.29 is 4.79 Å². The minimum absolute atomic E-state index is 0.127. The van der Waals surface area contributed by atoms with Crippen molar-refractivity contribution in [2.45, 2.75) is 24.9 Å². The predicted molar refractivity (Wildman–Crippen MR) is 71.1 cm³/mol. The summed E-state index contributed by atoms with van der Waals surface area (Å²) in [6.07, 6.45) is 2.48. The van der Waals surface area contributed by atoms with E-state index < -0.39 is 6.04 Å². The van der Waals surface area contributed by atoms with Gasteiger partial charge in [-0.2, -0.15) is 0 Å². The average Bonchev–Trinajstić information content (AvgIpc) is 3.09. The van der Waals surface area contributed by atoms with E-state index in [4.69, 9.17) is 5.73 Å². The standard InChI is InChI=1S/C12H14BrN3O/c1-16(6-2-3-6)10-5-9-7(4-8(10)13)11(14)12(17)15-9/h4-6,11H,2-3,14H2,1H3,(H,15,17). The Kier molecular flexibility index (Phi) is 2.41. The molecule has 1 heterocycles. The molecule has 3 rings (SSSR count). The lowest BCUT2D eigenvalue weighted by Crippen LogP contribution is -2.20. The summed E-state index contributed by atoms with van der Waals surface area (Å²) in [7, 11) is 2.08. The van der Waals surface area contributed by atoms with Gasteiger partial charge in [0.2, 0.25) is 5.91 Å². The van der Waals surface area contributed by atoms with E-state index in [-0.39, 0.29) is 5.91 Å². The number of nitrogens with zero attached hydrogens (tertiary/aromatic N) is 1. The number of carbonyl (C=O) groups is 1. The summed E-state index contributed by atoms with van der Waals surface area (Å²) in [5.74, 6) is -0.127. The number of fused-ring (bicyclic) bond motifs is 1. The van der Waals surface area contributed by atoms with Crippen molar-refractivity contribution in [1.82, 2.24) is 0 Å². The van der Waals surface area contributed by atoms with Gasteiger partial charge in [-0.05, 0) is 40.9 Å². The minimum atomic E-state index is -0.540. The summed E-state index contributed by atoms with van der Waals surface area (Å²) in [5, 5.41) is 2.82. The number of amides is 1. The first-order chi connectivity index (χ1) is 8.08. The molecule has 1 aromatic rings. The van der Waals surface area contributed by atoms with E-state index >= 15 is 0 Å². The fourth-order valence-electron chi connectivity index (χ4n) is 2.22. The monoisotopic (exact) mass is 295 g/mol. The molecule has 0 aromatic heterocycles. The first kappa shape index (κ1) is 11.0. The van der Waals surface area contributed by atoms with Gasteiger partial charge in [-0.15, -0.1) is 0 Å². The molecule has 4 nitrogen and oxygen atoms in total. The van der Waals surface area contributed by atoms with E-state index in [1.807, 2.05) is 12.1 Å². The fraction of sp³-hybridized carbons (Fsp3) is 0.417. The van der Waals surface area contributed by atoms with Gasteiger partial charge in [0.15, 0.2) is 0 Å². The maximum atomic E-state index is 11.5. The van der Waals surface area contributed by atoms with Crippen LogP contribution in [0.1, 0.15) is 24.4 Å². The molecule has 0 saturated heterocycles. The molecule has 1 aliphatic heterocycles. The van der Waals surface area contributed by atoms with Gasteiger partial charge in [-0.3, -0.25) is 4.79 Å². The van der Waals surface area contributed by atoms with Crippen LogP contribution in [0.15, 0.2) is 16.6 Å². The van der Waals surface area contributed by atoms with Gasteiger partial charge < -0.3 is 16.0 Å². The third-order valence-corrected chi connectivity index (χ3v) is 4.10. The van der Waals surface area contributed by atoms with Gasteiger partial charge in [-0.25, -0.2) is 0 Å². The second kappa shape index (κ2) is 3.71. The van der Waals surface area contributed by atoms with Crippen LogP contribution >= 0.6 is 15.9 Å². The maximum Gasteiger partial charge on any atom is 0.245 e. The van der Waals surface area contributed by atoms with Crippen molar-refractivity contribution in [3.63, 3.8) is 0 Å². The zero-order valence-electron chi connectivity index (χ0n) is 9.53. The first-order valence-electron chi connectivity index (χ1n) is 5.70. The number of anilines is 2. The summed E-state index contributed by atoms with van der Waals surface area (Å²) < 4.78 is 0.998. The molecule has 1 saturated carbocycles. The van der Waals surface area contributed by atoms with E-state index in [1.54, 1.807) is 0 Å². The van der Waals surface area contributed by atoms with Gasteiger partial charge in [0.05, 0.1) is 5.69 Å². The number of benzene rings is 1.